The van der Waals surface area contributed by atoms with E-state index >= 15 is 0 Å². The van der Waals surface area contributed by atoms with Gasteiger partial charge in [-0.05, 0) is 41.5 Å². The second-order valence-corrected chi connectivity index (χ2v) is 9.46. The first kappa shape index (κ1) is 21.2. The first-order valence-electron chi connectivity index (χ1n) is 11.5. The molecule has 1 aromatic carbocycles. The molecule has 2 atom stereocenters. The molecule has 5 nitrogen and oxygen atoms in total. The summed E-state index contributed by atoms with van der Waals surface area (Å²) in [6.45, 7) is 7.59. The van der Waals surface area contributed by atoms with Crippen molar-refractivity contribution >= 4 is 23.7 Å². The molecule has 0 bridgehead atoms. The quantitative estimate of drug-likeness (QED) is 0.733. The van der Waals surface area contributed by atoms with Crippen LogP contribution in [0.3, 0.4) is 0 Å². The van der Waals surface area contributed by atoms with Gasteiger partial charge in [0.2, 0.25) is 0 Å². The van der Waals surface area contributed by atoms with Crippen LogP contribution in [0.1, 0.15) is 36.6 Å². The lowest BCUT2D eigenvalue weighted by Gasteiger charge is -2.30. The number of benzene rings is 1. The Kier molecular flexibility index (Phi) is 5.78. The van der Waals surface area contributed by atoms with Crippen LogP contribution in [0, 0.1) is 11.8 Å². The van der Waals surface area contributed by atoms with Crippen molar-refractivity contribution in [3.63, 3.8) is 0 Å². The number of nitrogens with zero attached hydrogens (tertiary/aromatic N) is 3. The highest BCUT2D eigenvalue weighted by molar-refractivity contribution is 6.30. The number of imidazole rings is 1. The summed E-state index contributed by atoms with van der Waals surface area (Å²) in [5.74, 6) is 1.82. The average Bonchev–Trinajstić information content (AvgIpc) is 3.17. The zero-order valence-electron chi connectivity index (χ0n) is 18.6. The largest absolute Gasteiger partial charge is 0.335 e. The van der Waals surface area contributed by atoms with E-state index < -0.39 is 0 Å². The van der Waals surface area contributed by atoms with Gasteiger partial charge < -0.3 is 10.2 Å². The fourth-order valence-electron chi connectivity index (χ4n) is 4.93. The van der Waals surface area contributed by atoms with Crippen molar-refractivity contribution < 1.29 is 4.79 Å². The van der Waals surface area contributed by atoms with Crippen LogP contribution in [0.2, 0.25) is 5.02 Å². The number of fused-ring (bicyclic) bond motifs is 1. The van der Waals surface area contributed by atoms with Gasteiger partial charge in [-0.1, -0.05) is 55.8 Å². The maximum absolute atomic E-state index is 13.8. The molecule has 2 aromatic rings. The van der Waals surface area contributed by atoms with Gasteiger partial charge in [0.05, 0.1) is 0 Å². The fourth-order valence-corrected chi connectivity index (χ4v) is 5.05. The number of allylic oxidation sites excluding steroid dienone is 5. The number of carbonyl (C=O) groups is 1. The Morgan fingerprint density at radius 3 is 2.56 bits per heavy atom. The second kappa shape index (κ2) is 8.72. The van der Waals surface area contributed by atoms with Crippen molar-refractivity contribution in [2.45, 2.75) is 26.7 Å². The summed E-state index contributed by atoms with van der Waals surface area (Å²) >= 11 is 6.13. The molecule has 0 spiro atoms. The molecule has 1 fully saturated rings. The van der Waals surface area contributed by atoms with Gasteiger partial charge in [0.25, 0.3) is 5.91 Å². The van der Waals surface area contributed by atoms with Gasteiger partial charge in [0.1, 0.15) is 17.2 Å². The molecule has 1 N–H and O–H groups in total. The Morgan fingerprint density at radius 2 is 1.84 bits per heavy atom. The van der Waals surface area contributed by atoms with Crippen LogP contribution in [0.15, 0.2) is 53.6 Å². The lowest BCUT2D eigenvalue weighted by molar-refractivity contribution is 0.0728. The zero-order valence-corrected chi connectivity index (χ0v) is 19.4. The van der Waals surface area contributed by atoms with Crippen molar-refractivity contribution in [2.75, 3.05) is 26.2 Å². The molecule has 0 radical (unpaired) electrons. The number of aromatic nitrogens is 2. The van der Waals surface area contributed by atoms with Gasteiger partial charge >= 0.3 is 0 Å². The van der Waals surface area contributed by atoms with Gasteiger partial charge in [0, 0.05) is 49.4 Å². The minimum Gasteiger partial charge on any atom is -0.335 e. The summed E-state index contributed by atoms with van der Waals surface area (Å²) in [7, 11) is 0. The number of rotatable bonds is 3. The molecule has 3 aliphatic rings. The number of piperazine rings is 1. The first-order chi connectivity index (χ1) is 15.5. The molecular weight excluding hydrogens is 420 g/mol. The molecule has 1 aliphatic carbocycles. The first-order valence-corrected chi connectivity index (χ1v) is 11.9. The molecule has 1 aromatic heterocycles. The summed E-state index contributed by atoms with van der Waals surface area (Å²) in [6.07, 6.45) is 10.6. The van der Waals surface area contributed by atoms with Gasteiger partial charge in [-0.25, -0.2) is 4.98 Å². The Bertz CT molecular complexity index is 1120. The van der Waals surface area contributed by atoms with Gasteiger partial charge in [-0.15, -0.1) is 0 Å². The highest BCUT2D eigenvalue weighted by atomic mass is 35.5. The van der Waals surface area contributed by atoms with E-state index in [1.165, 1.54) is 11.1 Å². The van der Waals surface area contributed by atoms with Crippen LogP contribution in [-0.4, -0.2) is 46.5 Å². The maximum atomic E-state index is 13.8. The lowest BCUT2D eigenvalue weighted by atomic mass is 9.81. The monoisotopic (exact) mass is 448 g/mol. The predicted octanol–water partition coefficient (Wildman–Crippen LogP) is 4.80. The number of hydrogen-bond acceptors (Lipinski definition) is 3. The van der Waals surface area contributed by atoms with Crippen LogP contribution < -0.4 is 5.32 Å². The van der Waals surface area contributed by atoms with Crippen LogP contribution >= 0.6 is 11.6 Å². The number of amides is 1. The molecule has 1 amide bonds. The number of hydrogen-bond donors (Lipinski definition) is 1. The normalized spacial score (nSPS) is 22.9. The highest BCUT2D eigenvalue weighted by Crippen LogP contribution is 2.38. The van der Waals surface area contributed by atoms with Gasteiger partial charge in [-0.2, -0.15) is 0 Å². The smallest absolute Gasteiger partial charge is 0.273 e. The van der Waals surface area contributed by atoms with Crippen molar-refractivity contribution in [1.82, 2.24) is 19.8 Å². The Balaban J connectivity index is 1.65. The number of halogens is 1. The third kappa shape index (κ3) is 3.84. The molecule has 2 unspecified atom stereocenters. The molecule has 32 heavy (non-hydrogen) atoms. The summed E-state index contributed by atoms with van der Waals surface area (Å²) in [6, 6.07) is 7.63. The van der Waals surface area contributed by atoms with E-state index in [0.717, 1.165) is 43.0 Å². The maximum Gasteiger partial charge on any atom is 0.273 e. The van der Waals surface area contributed by atoms with E-state index in [4.69, 9.17) is 16.6 Å². The summed E-state index contributed by atoms with van der Waals surface area (Å²) in [5, 5.41) is 4.01. The van der Waals surface area contributed by atoms with Crippen molar-refractivity contribution in [3.8, 4) is 11.3 Å². The molecular formula is C26H29ClN4O. The second-order valence-electron chi connectivity index (χ2n) is 9.02. The topological polar surface area (TPSA) is 50.2 Å². The molecule has 3 heterocycles. The minimum atomic E-state index is 0.0471. The molecule has 1 saturated heterocycles. The van der Waals surface area contributed by atoms with Crippen molar-refractivity contribution in [2.24, 2.45) is 11.8 Å². The Labute approximate surface area is 194 Å². The van der Waals surface area contributed by atoms with Crippen LogP contribution in [0.4, 0.5) is 0 Å². The molecule has 0 saturated carbocycles. The van der Waals surface area contributed by atoms with Crippen LogP contribution in [0.5, 0.6) is 0 Å². The SMILES string of the molecule is CC1CC=CC=C1C1=Cn2c(nc(-c3ccc(Cl)cc3)c2C(=O)N2CCNCC2)CC1C. The van der Waals surface area contributed by atoms with Gasteiger partial charge in [-0.3, -0.25) is 9.36 Å². The van der Waals surface area contributed by atoms with E-state index in [2.05, 4.69) is 48.2 Å². The summed E-state index contributed by atoms with van der Waals surface area (Å²) in [5.41, 5.74) is 5.01. The third-order valence-corrected chi connectivity index (χ3v) is 7.01. The fraction of sp³-hybridized carbons (Fsp3) is 0.385. The standard InChI is InChI=1S/C26H29ClN4O/c1-17-5-3-4-6-21(17)22-16-31-23(15-18(22)2)29-24(19-7-9-20(27)10-8-19)25(31)26(32)30-13-11-28-12-14-30/h3-4,6-10,16-18,28H,5,11-15H2,1-2H3. The third-order valence-electron chi connectivity index (χ3n) is 6.76. The lowest BCUT2D eigenvalue weighted by Crippen LogP contribution is -2.47. The zero-order chi connectivity index (χ0) is 22.2. The molecule has 6 heteroatoms. The van der Waals surface area contributed by atoms with E-state index in [1.807, 2.05) is 29.2 Å². The molecule has 2 aliphatic heterocycles. The highest BCUT2D eigenvalue weighted by Gasteiger charge is 2.32. The molecule has 166 valence electrons. The average molecular weight is 449 g/mol. The van der Waals surface area contributed by atoms with Crippen LogP contribution in [-0.2, 0) is 6.42 Å². The van der Waals surface area contributed by atoms with Crippen LogP contribution in [0.25, 0.3) is 17.5 Å². The molecule has 5 rings (SSSR count). The van der Waals surface area contributed by atoms with E-state index in [1.54, 1.807) is 0 Å². The Morgan fingerprint density at radius 1 is 1.09 bits per heavy atom. The minimum absolute atomic E-state index is 0.0471. The Hall–Kier alpha value is -2.63. The van der Waals surface area contributed by atoms with E-state index in [0.29, 0.717) is 35.6 Å². The van der Waals surface area contributed by atoms with E-state index in [-0.39, 0.29) is 5.91 Å². The van der Waals surface area contributed by atoms with Crippen molar-refractivity contribution in [1.29, 1.82) is 0 Å². The van der Waals surface area contributed by atoms with E-state index in [9.17, 15) is 4.79 Å². The van der Waals surface area contributed by atoms with Gasteiger partial charge in [0.15, 0.2) is 0 Å². The number of carbonyl (C=O) groups excluding carboxylic acids is 1. The van der Waals surface area contributed by atoms with Crippen molar-refractivity contribution in [3.05, 3.63) is 70.2 Å². The summed E-state index contributed by atoms with van der Waals surface area (Å²) < 4.78 is 2.07. The number of nitrogens with one attached hydrogen (secondary N) is 1. The predicted molar refractivity (Wildman–Crippen MR) is 130 cm³/mol. The summed E-state index contributed by atoms with van der Waals surface area (Å²) in [4.78, 5) is 20.7.